The van der Waals surface area contributed by atoms with Crippen molar-refractivity contribution >= 4 is 11.6 Å². The van der Waals surface area contributed by atoms with Crippen LogP contribution >= 0.6 is 0 Å². The molecule has 0 saturated carbocycles. The van der Waals surface area contributed by atoms with Crippen molar-refractivity contribution in [3.8, 4) is 11.5 Å². The van der Waals surface area contributed by atoms with Crippen molar-refractivity contribution in [3.63, 3.8) is 0 Å². The lowest BCUT2D eigenvalue weighted by Crippen LogP contribution is -2.11. The monoisotopic (exact) mass is 376 g/mol. The molecule has 4 nitrogen and oxygen atoms in total. The van der Waals surface area contributed by atoms with Gasteiger partial charge < -0.3 is 10.2 Å². The number of carbonyl (C=O) groups is 2. The van der Waals surface area contributed by atoms with Crippen LogP contribution in [0, 0.1) is 11.6 Å². The molecule has 2 unspecified atom stereocenters. The van der Waals surface area contributed by atoms with Crippen LogP contribution in [0.1, 0.15) is 77.8 Å². The molecular weight excluding hydrogens is 354 g/mol. The summed E-state index contributed by atoms with van der Waals surface area (Å²) in [7, 11) is 0. The zero-order chi connectivity index (χ0) is 20.5. The van der Waals surface area contributed by atoms with Gasteiger partial charge in [0.1, 0.15) is 0 Å². The standard InChI is InChI=1S/C21H22F2O4/c1-5-15(14-7-17(12(4)25)21(27)19(23)9-14)10(2)13-6-16(11(3)24)20(26)18(22)8-13/h6-10,15,26-27H,5H2,1-4H3. The van der Waals surface area contributed by atoms with Crippen LogP contribution in [-0.2, 0) is 0 Å². The molecule has 0 amide bonds. The molecule has 2 aromatic carbocycles. The third kappa shape index (κ3) is 3.99. The Morgan fingerprint density at radius 1 is 0.889 bits per heavy atom. The van der Waals surface area contributed by atoms with Crippen molar-refractivity contribution < 1.29 is 28.6 Å². The minimum absolute atomic E-state index is 0.114. The van der Waals surface area contributed by atoms with Crippen LogP contribution in [0.4, 0.5) is 8.78 Å². The molecule has 0 heterocycles. The Bertz CT molecular complexity index is 906. The molecule has 0 aliphatic rings. The zero-order valence-corrected chi connectivity index (χ0v) is 15.6. The second-order valence-electron chi connectivity index (χ2n) is 6.71. The first-order valence-electron chi connectivity index (χ1n) is 8.65. The van der Waals surface area contributed by atoms with Gasteiger partial charge in [-0.15, -0.1) is 0 Å². The molecule has 0 aliphatic heterocycles. The Balaban J connectivity index is 2.56. The molecule has 2 N–H and O–H groups in total. The number of halogens is 2. The Kier molecular flexibility index (Phi) is 5.98. The van der Waals surface area contributed by atoms with Gasteiger partial charge in [0.15, 0.2) is 34.7 Å². The van der Waals surface area contributed by atoms with E-state index in [1.807, 2.05) is 6.92 Å². The fourth-order valence-corrected chi connectivity index (χ4v) is 3.36. The number of hydrogen-bond acceptors (Lipinski definition) is 4. The molecule has 0 saturated heterocycles. The number of carbonyl (C=O) groups excluding carboxylic acids is 2. The predicted octanol–water partition coefficient (Wildman–Crippen LogP) is 5.08. The van der Waals surface area contributed by atoms with Crippen LogP contribution < -0.4 is 0 Å². The first-order chi connectivity index (χ1) is 12.6. The van der Waals surface area contributed by atoms with Crippen molar-refractivity contribution in [1.82, 2.24) is 0 Å². The predicted molar refractivity (Wildman–Crippen MR) is 97.6 cm³/mol. The average Bonchev–Trinajstić information content (AvgIpc) is 2.59. The third-order valence-electron chi connectivity index (χ3n) is 4.93. The summed E-state index contributed by atoms with van der Waals surface area (Å²) in [6, 6.07) is 5.18. The van der Waals surface area contributed by atoms with Crippen molar-refractivity contribution in [2.45, 2.75) is 46.0 Å². The number of benzene rings is 2. The third-order valence-corrected chi connectivity index (χ3v) is 4.93. The summed E-state index contributed by atoms with van der Waals surface area (Å²) in [6.07, 6.45) is 0.542. The van der Waals surface area contributed by atoms with E-state index in [1.54, 1.807) is 6.92 Å². The number of hydrogen-bond donors (Lipinski definition) is 2. The van der Waals surface area contributed by atoms with Gasteiger partial charge in [0.25, 0.3) is 0 Å². The van der Waals surface area contributed by atoms with E-state index in [9.17, 15) is 28.6 Å². The Morgan fingerprint density at radius 3 is 1.70 bits per heavy atom. The molecule has 0 bridgehead atoms. The quantitative estimate of drug-likeness (QED) is 0.690. The second-order valence-corrected chi connectivity index (χ2v) is 6.71. The van der Waals surface area contributed by atoms with E-state index in [-0.39, 0.29) is 23.0 Å². The van der Waals surface area contributed by atoms with E-state index in [4.69, 9.17) is 0 Å². The fourth-order valence-electron chi connectivity index (χ4n) is 3.36. The van der Waals surface area contributed by atoms with Crippen molar-refractivity contribution in [3.05, 3.63) is 58.2 Å². The summed E-state index contributed by atoms with van der Waals surface area (Å²) in [5, 5.41) is 19.5. The van der Waals surface area contributed by atoms with E-state index in [2.05, 4.69) is 0 Å². The fraction of sp³-hybridized carbons (Fsp3) is 0.333. The number of phenols is 2. The lowest BCUT2D eigenvalue weighted by atomic mass is 9.79. The zero-order valence-electron chi connectivity index (χ0n) is 15.6. The number of Topliss-reactive ketones (excluding diaryl/α,β-unsaturated/α-hetero) is 2. The number of rotatable bonds is 6. The highest BCUT2D eigenvalue weighted by Gasteiger charge is 2.25. The molecule has 2 atom stereocenters. The van der Waals surface area contributed by atoms with Gasteiger partial charge in [-0.25, -0.2) is 8.78 Å². The van der Waals surface area contributed by atoms with E-state index >= 15 is 0 Å². The maximum absolute atomic E-state index is 14.1. The van der Waals surface area contributed by atoms with Gasteiger partial charge in [-0.1, -0.05) is 13.8 Å². The van der Waals surface area contributed by atoms with Gasteiger partial charge >= 0.3 is 0 Å². The maximum atomic E-state index is 14.1. The van der Waals surface area contributed by atoms with Crippen LogP contribution in [0.15, 0.2) is 24.3 Å². The van der Waals surface area contributed by atoms with E-state index in [0.717, 1.165) is 12.1 Å². The lowest BCUT2D eigenvalue weighted by Gasteiger charge is -2.25. The van der Waals surface area contributed by atoms with Crippen molar-refractivity contribution in [2.24, 2.45) is 0 Å². The highest BCUT2D eigenvalue weighted by atomic mass is 19.1. The van der Waals surface area contributed by atoms with Crippen LogP contribution in [0.25, 0.3) is 0 Å². The number of ketones is 2. The van der Waals surface area contributed by atoms with Crippen LogP contribution in [0.5, 0.6) is 11.5 Å². The van der Waals surface area contributed by atoms with Gasteiger partial charge in [0.2, 0.25) is 0 Å². The Morgan fingerprint density at radius 2 is 1.30 bits per heavy atom. The summed E-state index contributed by atoms with van der Waals surface area (Å²) >= 11 is 0. The van der Waals surface area contributed by atoms with E-state index in [1.165, 1.54) is 26.0 Å². The Hall–Kier alpha value is -2.76. The smallest absolute Gasteiger partial charge is 0.165 e. The first-order valence-corrected chi connectivity index (χ1v) is 8.65. The lowest BCUT2D eigenvalue weighted by molar-refractivity contribution is 0.100. The SMILES string of the molecule is CCC(c1cc(F)c(O)c(C(C)=O)c1)C(C)c1cc(F)c(O)c(C(C)=O)c1. The summed E-state index contributed by atoms with van der Waals surface area (Å²) in [5.74, 6) is -4.77. The molecule has 0 radical (unpaired) electrons. The molecule has 0 aliphatic carbocycles. The average molecular weight is 376 g/mol. The van der Waals surface area contributed by atoms with Gasteiger partial charge in [0.05, 0.1) is 11.1 Å². The summed E-state index contributed by atoms with van der Waals surface area (Å²) in [5.41, 5.74) is 0.730. The van der Waals surface area contributed by atoms with Crippen molar-refractivity contribution in [1.29, 1.82) is 0 Å². The second kappa shape index (κ2) is 7.86. The van der Waals surface area contributed by atoms with Crippen LogP contribution in [0.3, 0.4) is 0 Å². The topological polar surface area (TPSA) is 74.6 Å². The molecule has 27 heavy (non-hydrogen) atoms. The first kappa shape index (κ1) is 20.6. The minimum atomic E-state index is -0.902. The van der Waals surface area contributed by atoms with Gasteiger partial charge in [0, 0.05) is 0 Å². The molecule has 0 aromatic heterocycles. The highest BCUT2D eigenvalue weighted by molar-refractivity contribution is 5.97. The summed E-state index contributed by atoms with van der Waals surface area (Å²) in [6.45, 7) is 6.12. The van der Waals surface area contributed by atoms with Gasteiger partial charge in [-0.3, -0.25) is 9.59 Å². The number of phenolic OH excluding ortho intramolecular Hbond substituents is 2. The van der Waals surface area contributed by atoms with Crippen molar-refractivity contribution in [2.75, 3.05) is 0 Å². The Labute approximate surface area is 156 Å². The summed E-state index contributed by atoms with van der Waals surface area (Å²) < 4.78 is 28.2. The van der Waals surface area contributed by atoms with Crippen LogP contribution in [0.2, 0.25) is 0 Å². The van der Waals surface area contributed by atoms with E-state index < -0.39 is 34.7 Å². The largest absolute Gasteiger partial charge is 0.504 e. The molecule has 2 aromatic rings. The molecule has 2 rings (SSSR count). The molecule has 144 valence electrons. The highest BCUT2D eigenvalue weighted by Crippen LogP contribution is 2.39. The summed E-state index contributed by atoms with van der Waals surface area (Å²) in [4.78, 5) is 23.3. The molecular formula is C21H22F2O4. The number of aromatic hydroxyl groups is 2. The minimum Gasteiger partial charge on any atom is -0.504 e. The molecule has 0 spiro atoms. The van der Waals surface area contributed by atoms with Gasteiger partial charge in [-0.2, -0.15) is 0 Å². The molecule has 0 fully saturated rings. The van der Waals surface area contributed by atoms with Crippen LogP contribution in [-0.4, -0.2) is 21.8 Å². The maximum Gasteiger partial charge on any atom is 0.165 e. The van der Waals surface area contributed by atoms with Gasteiger partial charge in [-0.05, 0) is 67.5 Å². The molecule has 6 heteroatoms. The normalized spacial score (nSPS) is 13.3. The van der Waals surface area contributed by atoms with E-state index in [0.29, 0.717) is 17.5 Å².